The van der Waals surface area contributed by atoms with E-state index in [4.69, 9.17) is 0 Å². The van der Waals surface area contributed by atoms with E-state index in [1.807, 2.05) is 0 Å². The van der Waals surface area contributed by atoms with Crippen LogP contribution in [0.1, 0.15) is 36.7 Å². The summed E-state index contributed by atoms with van der Waals surface area (Å²) in [5.41, 5.74) is -1.37. The zero-order chi connectivity index (χ0) is 14.1. The maximum atomic E-state index is 12.6. The summed E-state index contributed by atoms with van der Waals surface area (Å²) < 4.78 is 38.0. The minimum absolute atomic E-state index is 0.0216. The molecule has 0 bridgehead atoms. The Labute approximate surface area is 112 Å². The van der Waals surface area contributed by atoms with Crippen molar-refractivity contribution in [3.63, 3.8) is 0 Å². The molecule has 2 nitrogen and oxygen atoms in total. The lowest BCUT2D eigenvalue weighted by molar-refractivity contribution is -0.137. The highest BCUT2D eigenvalue weighted by Crippen LogP contribution is 2.32. The van der Waals surface area contributed by atoms with Crippen LogP contribution in [0.25, 0.3) is 0 Å². The van der Waals surface area contributed by atoms with Gasteiger partial charge in [-0.25, -0.2) is 0 Å². The number of rotatable bonds is 1. The molecule has 1 aromatic carbocycles. The van der Waals surface area contributed by atoms with Gasteiger partial charge < -0.3 is 5.32 Å². The molecule has 1 N–H and O–H groups in total. The van der Waals surface area contributed by atoms with Crippen molar-refractivity contribution in [3.8, 4) is 0 Å². The first-order valence-corrected chi connectivity index (χ1v) is 5.99. The molecule has 6 heteroatoms. The molecule has 1 aromatic rings. The summed E-state index contributed by atoms with van der Waals surface area (Å²) in [6, 6.07) is 3.13. The largest absolute Gasteiger partial charge is 0.416 e. The predicted octanol–water partition coefficient (Wildman–Crippen LogP) is 4.00. The summed E-state index contributed by atoms with van der Waals surface area (Å²) >= 11 is 2.97. The second kappa shape index (κ2) is 4.91. The fraction of sp³-hybridized carbons (Fsp3) is 0.417. The fourth-order valence-corrected chi connectivity index (χ4v) is 1.79. The van der Waals surface area contributed by atoms with E-state index in [1.165, 1.54) is 6.07 Å². The molecule has 0 aliphatic carbocycles. The highest BCUT2D eigenvalue weighted by Gasteiger charge is 2.31. The Balaban J connectivity index is 3.11. The van der Waals surface area contributed by atoms with Gasteiger partial charge in [0.05, 0.1) is 5.56 Å². The van der Waals surface area contributed by atoms with E-state index in [0.29, 0.717) is 0 Å². The van der Waals surface area contributed by atoms with E-state index < -0.39 is 23.2 Å². The second-order valence-electron chi connectivity index (χ2n) is 4.93. The summed E-state index contributed by atoms with van der Waals surface area (Å²) in [4.78, 5) is 11.8. The van der Waals surface area contributed by atoms with Gasteiger partial charge in [0, 0.05) is 15.6 Å². The van der Waals surface area contributed by atoms with E-state index in [9.17, 15) is 18.0 Å². The zero-order valence-electron chi connectivity index (χ0n) is 10.2. The van der Waals surface area contributed by atoms with Crippen molar-refractivity contribution in [2.75, 3.05) is 0 Å². The van der Waals surface area contributed by atoms with E-state index >= 15 is 0 Å². The standard InChI is InChI=1S/C12H13BrF3NO/c1-11(2,3)17-10(18)7-4-8(12(14,15)16)6-9(13)5-7/h4-6H,1-3H3,(H,17,18). The summed E-state index contributed by atoms with van der Waals surface area (Å²) in [6.07, 6.45) is -4.47. The van der Waals surface area contributed by atoms with Crippen LogP contribution < -0.4 is 5.32 Å². The van der Waals surface area contributed by atoms with Crippen LogP contribution in [0.3, 0.4) is 0 Å². The first-order valence-electron chi connectivity index (χ1n) is 5.19. The van der Waals surface area contributed by atoms with Gasteiger partial charge in [0.1, 0.15) is 0 Å². The lowest BCUT2D eigenvalue weighted by Gasteiger charge is -2.21. The third-order valence-electron chi connectivity index (χ3n) is 1.98. The first kappa shape index (κ1) is 15.0. The summed E-state index contributed by atoms with van der Waals surface area (Å²) in [6.45, 7) is 5.27. The monoisotopic (exact) mass is 323 g/mol. The van der Waals surface area contributed by atoms with Crippen LogP contribution in [0.15, 0.2) is 22.7 Å². The average molecular weight is 324 g/mol. The van der Waals surface area contributed by atoms with Gasteiger partial charge in [-0.2, -0.15) is 13.2 Å². The van der Waals surface area contributed by atoms with Gasteiger partial charge in [0.15, 0.2) is 0 Å². The molecule has 0 aliphatic heterocycles. The van der Waals surface area contributed by atoms with Crippen LogP contribution in [0.5, 0.6) is 0 Å². The smallest absolute Gasteiger partial charge is 0.347 e. The lowest BCUT2D eigenvalue weighted by atomic mass is 10.1. The summed E-state index contributed by atoms with van der Waals surface area (Å²) in [5, 5.41) is 2.61. The van der Waals surface area contributed by atoms with Gasteiger partial charge in [-0.3, -0.25) is 4.79 Å². The number of hydrogen-bond acceptors (Lipinski definition) is 1. The van der Waals surface area contributed by atoms with E-state index in [1.54, 1.807) is 20.8 Å². The molecular formula is C12H13BrF3NO. The van der Waals surface area contributed by atoms with Gasteiger partial charge in [0.25, 0.3) is 5.91 Å². The minimum Gasteiger partial charge on any atom is -0.347 e. The summed E-state index contributed by atoms with van der Waals surface area (Å²) in [7, 11) is 0. The molecule has 100 valence electrons. The Kier molecular flexibility index (Phi) is 4.10. The lowest BCUT2D eigenvalue weighted by Crippen LogP contribution is -2.40. The third-order valence-corrected chi connectivity index (χ3v) is 2.43. The topological polar surface area (TPSA) is 29.1 Å². The fourth-order valence-electron chi connectivity index (χ4n) is 1.30. The SMILES string of the molecule is CC(C)(C)NC(=O)c1cc(Br)cc(C(F)(F)F)c1. The Morgan fingerprint density at radius 3 is 2.17 bits per heavy atom. The highest BCUT2D eigenvalue weighted by molar-refractivity contribution is 9.10. The van der Waals surface area contributed by atoms with Crippen molar-refractivity contribution in [2.45, 2.75) is 32.5 Å². The van der Waals surface area contributed by atoms with E-state index in [-0.39, 0.29) is 10.0 Å². The first-order chi connectivity index (χ1) is 7.99. The number of amides is 1. The van der Waals surface area contributed by atoms with E-state index in [0.717, 1.165) is 12.1 Å². The molecule has 18 heavy (non-hydrogen) atoms. The molecule has 1 amide bonds. The Hall–Kier alpha value is -1.04. The number of carbonyl (C=O) groups excluding carboxylic acids is 1. The molecule has 0 saturated heterocycles. The molecule has 1 rings (SSSR count). The van der Waals surface area contributed by atoms with Gasteiger partial charge in [-0.1, -0.05) is 15.9 Å². The molecule has 0 radical (unpaired) electrons. The van der Waals surface area contributed by atoms with Gasteiger partial charge >= 0.3 is 6.18 Å². The normalized spacial score (nSPS) is 12.4. The molecule has 0 spiro atoms. The second-order valence-corrected chi connectivity index (χ2v) is 5.85. The molecule has 0 aromatic heterocycles. The van der Waals surface area contributed by atoms with E-state index in [2.05, 4.69) is 21.2 Å². The van der Waals surface area contributed by atoms with Crippen molar-refractivity contribution in [2.24, 2.45) is 0 Å². The molecule has 0 fully saturated rings. The Bertz CT molecular complexity index is 463. The van der Waals surface area contributed by atoms with Crippen molar-refractivity contribution >= 4 is 21.8 Å². The van der Waals surface area contributed by atoms with Crippen LogP contribution in [0.2, 0.25) is 0 Å². The minimum atomic E-state index is -4.47. The van der Waals surface area contributed by atoms with Crippen molar-refractivity contribution in [3.05, 3.63) is 33.8 Å². The number of halogens is 4. The predicted molar refractivity (Wildman–Crippen MR) is 66.4 cm³/mol. The quantitative estimate of drug-likeness (QED) is 0.831. The third kappa shape index (κ3) is 4.33. The highest BCUT2D eigenvalue weighted by atomic mass is 79.9. The number of nitrogens with one attached hydrogen (secondary N) is 1. The average Bonchev–Trinajstić information content (AvgIpc) is 2.12. The number of benzene rings is 1. The molecule has 0 atom stereocenters. The molecule has 0 aliphatic rings. The van der Waals surface area contributed by atoms with Crippen LogP contribution in [-0.2, 0) is 6.18 Å². The number of alkyl halides is 3. The van der Waals surface area contributed by atoms with Crippen LogP contribution in [0.4, 0.5) is 13.2 Å². The Morgan fingerprint density at radius 2 is 1.72 bits per heavy atom. The maximum Gasteiger partial charge on any atom is 0.416 e. The van der Waals surface area contributed by atoms with Gasteiger partial charge in [0.2, 0.25) is 0 Å². The van der Waals surface area contributed by atoms with Crippen molar-refractivity contribution < 1.29 is 18.0 Å². The summed E-state index contributed by atoms with van der Waals surface area (Å²) in [5.74, 6) is -0.533. The Morgan fingerprint density at radius 1 is 1.17 bits per heavy atom. The van der Waals surface area contributed by atoms with Crippen molar-refractivity contribution in [1.29, 1.82) is 0 Å². The van der Waals surface area contributed by atoms with Crippen LogP contribution >= 0.6 is 15.9 Å². The molecule has 0 unspecified atom stereocenters. The molecule has 0 heterocycles. The molecular weight excluding hydrogens is 311 g/mol. The zero-order valence-corrected chi connectivity index (χ0v) is 11.7. The molecule has 0 saturated carbocycles. The number of carbonyl (C=O) groups is 1. The van der Waals surface area contributed by atoms with Gasteiger partial charge in [-0.05, 0) is 39.0 Å². The van der Waals surface area contributed by atoms with Gasteiger partial charge in [-0.15, -0.1) is 0 Å². The number of hydrogen-bond donors (Lipinski definition) is 1. The van der Waals surface area contributed by atoms with Crippen LogP contribution in [0, 0.1) is 0 Å². The van der Waals surface area contributed by atoms with Crippen LogP contribution in [-0.4, -0.2) is 11.4 Å². The maximum absolute atomic E-state index is 12.6. The van der Waals surface area contributed by atoms with Crippen molar-refractivity contribution in [1.82, 2.24) is 5.32 Å².